The van der Waals surface area contributed by atoms with Gasteiger partial charge in [-0.05, 0) is 41.3 Å². The van der Waals surface area contributed by atoms with Gasteiger partial charge in [-0.25, -0.2) is 4.68 Å². The molecule has 3 rings (SSSR count). The fourth-order valence-electron chi connectivity index (χ4n) is 2.87. The molecule has 2 aromatic heterocycles. The molecule has 1 unspecified atom stereocenters. The number of methoxy groups -OCH3 is 1. The van der Waals surface area contributed by atoms with Crippen molar-refractivity contribution < 1.29 is 9.53 Å². The van der Waals surface area contributed by atoms with Gasteiger partial charge in [0.15, 0.2) is 0 Å². The number of nitrogens with zero attached hydrogens (tertiary/aromatic N) is 3. The molecular formula is C16H19N3O3S. The highest BCUT2D eigenvalue weighted by atomic mass is 32.1. The Kier molecular flexibility index (Phi) is 4.88. The van der Waals surface area contributed by atoms with Crippen molar-refractivity contribution in [2.24, 2.45) is 0 Å². The van der Waals surface area contributed by atoms with Gasteiger partial charge in [-0.3, -0.25) is 9.59 Å². The molecule has 1 atom stereocenters. The van der Waals surface area contributed by atoms with Crippen LogP contribution in [0.2, 0.25) is 0 Å². The van der Waals surface area contributed by atoms with Crippen LogP contribution in [0.15, 0.2) is 33.8 Å². The number of ether oxygens (including phenoxy) is 1. The van der Waals surface area contributed by atoms with Crippen LogP contribution < -0.4 is 5.56 Å². The predicted octanol–water partition coefficient (Wildman–Crippen LogP) is 1.93. The Balaban J connectivity index is 1.83. The third kappa shape index (κ3) is 3.35. The topological polar surface area (TPSA) is 64.4 Å². The van der Waals surface area contributed by atoms with E-state index in [1.54, 1.807) is 18.4 Å². The van der Waals surface area contributed by atoms with E-state index in [9.17, 15) is 9.59 Å². The number of carbonyl (C=O) groups excluding carboxylic acids is 1. The first kappa shape index (κ1) is 15.9. The van der Waals surface area contributed by atoms with Gasteiger partial charge < -0.3 is 9.64 Å². The summed E-state index contributed by atoms with van der Waals surface area (Å²) in [5.74, 6) is -0.120. The van der Waals surface area contributed by atoms with Crippen molar-refractivity contribution in [1.82, 2.24) is 14.7 Å². The van der Waals surface area contributed by atoms with Crippen molar-refractivity contribution >= 4 is 17.2 Å². The lowest BCUT2D eigenvalue weighted by Crippen LogP contribution is -2.33. The van der Waals surface area contributed by atoms with Crippen LogP contribution in [0.3, 0.4) is 0 Å². The molecule has 2 aromatic rings. The molecule has 1 amide bonds. The summed E-state index contributed by atoms with van der Waals surface area (Å²) in [6, 6.07) is 5.08. The fourth-order valence-corrected chi connectivity index (χ4v) is 3.58. The summed E-state index contributed by atoms with van der Waals surface area (Å²) in [5, 5.41) is 8.32. The second kappa shape index (κ2) is 7.06. The maximum atomic E-state index is 12.8. The maximum absolute atomic E-state index is 12.8. The van der Waals surface area contributed by atoms with Crippen LogP contribution >= 0.6 is 11.3 Å². The lowest BCUT2D eigenvalue weighted by molar-refractivity contribution is 0.0726. The minimum Gasteiger partial charge on any atom is -0.383 e. The number of hydrogen-bond acceptors (Lipinski definition) is 5. The van der Waals surface area contributed by atoms with Crippen molar-refractivity contribution in [3.63, 3.8) is 0 Å². The van der Waals surface area contributed by atoms with Crippen LogP contribution in [0.1, 0.15) is 34.9 Å². The van der Waals surface area contributed by atoms with Crippen molar-refractivity contribution in [3.05, 3.63) is 50.6 Å². The van der Waals surface area contributed by atoms with Crippen molar-refractivity contribution in [2.75, 3.05) is 20.3 Å². The summed E-state index contributed by atoms with van der Waals surface area (Å²) in [6.07, 6.45) is 1.95. The monoisotopic (exact) mass is 333 g/mol. The number of hydrogen-bond donors (Lipinski definition) is 0. The Labute approximate surface area is 138 Å². The molecule has 0 aromatic carbocycles. The second-order valence-corrected chi connectivity index (χ2v) is 6.27. The Hall–Kier alpha value is -1.99. The Morgan fingerprint density at radius 2 is 2.30 bits per heavy atom. The molecule has 7 heteroatoms. The highest BCUT2D eigenvalue weighted by molar-refractivity contribution is 7.07. The van der Waals surface area contributed by atoms with Gasteiger partial charge in [0.1, 0.15) is 5.69 Å². The number of carbonyl (C=O) groups is 1. The van der Waals surface area contributed by atoms with E-state index in [0.717, 1.165) is 19.4 Å². The van der Waals surface area contributed by atoms with Crippen LogP contribution in [0.4, 0.5) is 0 Å². The number of aromatic nitrogens is 2. The van der Waals surface area contributed by atoms with E-state index in [1.807, 2.05) is 10.3 Å². The first-order valence-corrected chi connectivity index (χ1v) is 8.55. The van der Waals surface area contributed by atoms with E-state index in [2.05, 4.69) is 16.5 Å². The van der Waals surface area contributed by atoms with Gasteiger partial charge in [-0.1, -0.05) is 0 Å². The average Bonchev–Trinajstić information content (AvgIpc) is 3.24. The Morgan fingerprint density at radius 1 is 1.43 bits per heavy atom. The second-order valence-electron chi connectivity index (χ2n) is 5.49. The lowest BCUT2D eigenvalue weighted by atomic mass is 10.1. The van der Waals surface area contributed by atoms with E-state index in [4.69, 9.17) is 4.74 Å². The zero-order chi connectivity index (χ0) is 16.2. The zero-order valence-electron chi connectivity index (χ0n) is 13.0. The highest BCUT2D eigenvalue weighted by Crippen LogP contribution is 2.33. The minimum absolute atomic E-state index is 0.106. The standard InChI is InChI=1S/C16H19N3O3S/c1-22-9-8-19-15(20)5-4-13(17-19)16(21)18-7-2-3-14(18)12-6-10-23-11-12/h4-6,10-11,14H,2-3,7-9H2,1H3. The van der Waals surface area contributed by atoms with E-state index >= 15 is 0 Å². The van der Waals surface area contributed by atoms with Crippen molar-refractivity contribution in [1.29, 1.82) is 0 Å². The third-order valence-electron chi connectivity index (χ3n) is 4.03. The molecule has 3 heterocycles. The SMILES string of the molecule is COCCn1nc(C(=O)N2CCCC2c2ccsc2)ccc1=O. The van der Waals surface area contributed by atoms with Crippen LogP contribution in [-0.4, -0.2) is 40.8 Å². The molecule has 1 aliphatic rings. The summed E-state index contributed by atoms with van der Waals surface area (Å²) < 4.78 is 6.26. The quantitative estimate of drug-likeness (QED) is 0.839. The molecule has 0 radical (unpaired) electrons. The van der Waals surface area contributed by atoms with E-state index < -0.39 is 0 Å². The molecule has 0 aliphatic carbocycles. The summed E-state index contributed by atoms with van der Waals surface area (Å²) in [4.78, 5) is 26.5. The van der Waals surface area contributed by atoms with Gasteiger partial charge in [0.25, 0.3) is 11.5 Å². The average molecular weight is 333 g/mol. The molecular weight excluding hydrogens is 314 g/mol. The first-order valence-electron chi connectivity index (χ1n) is 7.61. The van der Waals surface area contributed by atoms with Crippen LogP contribution in [0, 0.1) is 0 Å². The number of thiophene rings is 1. The maximum Gasteiger partial charge on any atom is 0.274 e. The highest BCUT2D eigenvalue weighted by Gasteiger charge is 2.31. The largest absolute Gasteiger partial charge is 0.383 e. The van der Waals surface area contributed by atoms with E-state index in [0.29, 0.717) is 18.8 Å². The van der Waals surface area contributed by atoms with E-state index in [-0.39, 0.29) is 17.5 Å². The number of likely N-dealkylation sites (tertiary alicyclic amines) is 1. The molecule has 0 spiro atoms. The van der Waals surface area contributed by atoms with Gasteiger partial charge in [0.2, 0.25) is 0 Å². The molecule has 122 valence electrons. The smallest absolute Gasteiger partial charge is 0.274 e. The minimum atomic E-state index is -0.227. The lowest BCUT2D eigenvalue weighted by Gasteiger charge is -2.24. The Morgan fingerprint density at radius 3 is 3.04 bits per heavy atom. The van der Waals surface area contributed by atoms with Crippen molar-refractivity contribution in [2.45, 2.75) is 25.4 Å². The fraction of sp³-hybridized carbons (Fsp3) is 0.438. The first-order chi connectivity index (χ1) is 11.2. The summed E-state index contributed by atoms with van der Waals surface area (Å²) in [7, 11) is 1.57. The molecule has 0 N–H and O–H groups in total. The molecule has 0 saturated carbocycles. The van der Waals surface area contributed by atoms with Gasteiger partial charge >= 0.3 is 0 Å². The number of rotatable bonds is 5. The Bertz CT molecular complexity index is 726. The van der Waals surface area contributed by atoms with Crippen LogP contribution in [-0.2, 0) is 11.3 Å². The van der Waals surface area contributed by atoms with Crippen LogP contribution in [0.5, 0.6) is 0 Å². The predicted molar refractivity (Wildman–Crippen MR) is 87.7 cm³/mol. The summed E-state index contributed by atoms with van der Waals surface area (Å²) in [5.41, 5.74) is 1.26. The number of amides is 1. The summed E-state index contributed by atoms with van der Waals surface area (Å²) >= 11 is 1.64. The molecule has 1 aliphatic heterocycles. The molecule has 6 nitrogen and oxygen atoms in total. The zero-order valence-corrected chi connectivity index (χ0v) is 13.8. The van der Waals surface area contributed by atoms with Gasteiger partial charge in [0, 0.05) is 19.7 Å². The molecule has 23 heavy (non-hydrogen) atoms. The third-order valence-corrected chi connectivity index (χ3v) is 4.74. The van der Waals surface area contributed by atoms with Gasteiger partial charge in [-0.15, -0.1) is 0 Å². The van der Waals surface area contributed by atoms with Crippen molar-refractivity contribution in [3.8, 4) is 0 Å². The molecule has 0 bridgehead atoms. The van der Waals surface area contributed by atoms with Gasteiger partial charge in [-0.2, -0.15) is 16.4 Å². The van der Waals surface area contributed by atoms with E-state index in [1.165, 1.54) is 22.4 Å². The molecule has 1 saturated heterocycles. The summed E-state index contributed by atoms with van der Waals surface area (Å²) in [6.45, 7) is 1.44. The normalized spacial score (nSPS) is 17.6. The van der Waals surface area contributed by atoms with Gasteiger partial charge in [0.05, 0.1) is 19.2 Å². The van der Waals surface area contributed by atoms with Crippen LogP contribution in [0.25, 0.3) is 0 Å². The molecule has 1 fully saturated rings.